The van der Waals surface area contributed by atoms with Crippen LogP contribution in [0.2, 0.25) is 0 Å². The molecule has 0 saturated carbocycles. The van der Waals surface area contributed by atoms with E-state index in [1.165, 1.54) is 4.57 Å². The van der Waals surface area contributed by atoms with Crippen LogP contribution in [0.3, 0.4) is 0 Å². The maximum atomic E-state index is 12.4. The molecule has 1 aromatic carbocycles. The number of benzene rings is 1. The van der Waals surface area contributed by atoms with Crippen LogP contribution >= 0.6 is 12.2 Å². The minimum Gasteiger partial charge on any atom is -0.376 e. The number of H-pyrrole nitrogens is 1. The van der Waals surface area contributed by atoms with Crippen molar-refractivity contribution in [1.82, 2.24) is 14.9 Å². The molecule has 0 bridgehead atoms. The lowest BCUT2D eigenvalue weighted by molar-refractivity contribution is -0.122. The van der Waals surface area contributed by atoms with Crippen molar-refractivity contribution >= 4 is 29.0 Å². The summed E-state index contributed by atoms with van der Waals surface area (Å²) in [5, 5.41) is 3.31. The molecule has 1 aromatic heterocycles. The van der Waals surface area contributed by atoms with E-state index in [-0.39, 0.29) is 28.9 Å². The molecule has 2 aromatic rings. The smallest absolute Gasteiger partial charge is 0.262 e. The Morgan fingerprint density at radius 3 is 3.05 bits per heavy atom. The van der Waals surface area contributed by atoms with Gasteiger partial charge in [0.1, 0.15) is 6.54 Å². The molecule has 1 atom stereocenters. The van der Waals surface area contributed by atoms with Crippen LogP contribution in [-0.4, -0.2) is 34.7 Å². The summed E-state index contributed by atoms with van der Waals surface area (Å²) in [6, 6.07) is 7.10. The van der Waals surface area contributed by atoms with Crippen molar-refractivity contribution in [2.24, 2.45) is 0 Å². The van der Waals surface area contributed by atoms with Crippen LogP contribution in [0.5, 0.6) is 0 Å². The average molecular weight is 319 g/mol. The van der Waals surface area contributed by atoms with E-state index in [9.17, 15) is 9.59 Å². The fourth-order valence-electron chi connectivity index (χ4n) is 2.58. The van der Waals surface area contributed by atoms with Gasteiger partial charge in [0, 0.05) is 13.2 Å². The molecular formula is C15H17N3O3S. The lowest BCUT2D eigenvalue weighted by atomic mass is 10.2. The normalized spacial score (nSPS) is 17.7. The molecule has 2 heterocycles. The molecule has 7 heteroatoms. The van der Waals surface area contributed by atoms with Crippen LogP contribution in [0, 0.1) is 4.77 Å². The molecule has 116 valence electrons. The Labute approximate surface area is 132 Å². The summed E-state index contributed by atoms with van der Waals surface area (Å²) in [4.78, 5) is 27.4. The number of para-hydroxylation sites is 1. The van der Waals surface area contributed by atoms with Crippen LogP contribution in [0.15, 0.2) is 29.1 Å². The van der Waals surface area contributed by atoms with E-state index in [1.54, 1.807) is 18.2 Å². The van der Waals surface area contributed by atoms with Crippen molar-refractivity contribution in [2.75, 3.05) is 13.2 Å². The molecule has 0 aliphatic carbocycles. The number of hydrogen-bond acceptors (Lipinski definition) is 4. The largest absolute Gasteiger partial charge is 0.376 e. The lowest BCUT2D eigenvalue weighted by Crippen LogP contribution is -2.37. The number of rotatable bonds is 4. The zero-order valence-corrected chi connectivity index (χ0v) is 12.8. The number of hydrogen-bond donors (Lipinski definition) is 2. The van der Waals surface area contributed by atoms with E-state index < -0.39 is 0 Å². The molecule has 1 aliphatic heterocycles. The average Bonchev–Trinajstić information content (AvgIpc) is 3.03. The first kappa shape index (κ1) is 14.9. The van der Waals surface area contributed by atoms with E-state index in [2.05, 4.69) is 10.3 Å². The third kappa shape index (κ3) is 3.10. The molecule has 1 amide bonds. The highest BCUT2D eigenvalue weighted by Gasteiger charge is 2.16. The molecule has 3 rings (SSSR count). The number of nitrogens with one attached hydrogen (secondary N) is 2. The first-order chi connectivity index (χ1) is 10.6. The molecule has 1 fully saturated rings. The summed E-state index contributed by atoms with van der Waals surface area (Å²) in [5.74, 6) is -0.243. The number of fused-ring (bicyclic) bond motifs is 1. The number of nitrogens with zero attached hydrogens (tertiary/aromatic N) is 1. The number of aromatic nitrogens is 2. The van der Waals surface area contributed by atoms with Crippen molar-refractivity contribution in [3.8, 4) is 0 Å². The maximum absolute atomic E-state index is 12.4. The topological polar surface area (TPSA) is 76.1 Å². The van der Waals surface area contributed by atoms with Crippen molar-refractivity contribution in [3.63, 3.8) is 0 Å². The molecule has 1 unspecified atom stereocenters. The summed E-state index contributed by atoms with van der Waals surface area (Å²) in [5.41, 5.74) is 0.417. The second kappa shape index (κ2) is 6.41. The van der Waals surface area contributed by atoms with Gasteiger partial charge in [0.15, 0.2) is 4.77 Å². The Hall–Kier alpha value is -1.99. The van der Waals surface area contributed by atoms with Gasteiger partial charge in [-0.25, -0.2) is 0 Å². The van der Waals surface area contributed by atoms with E-state index in [0.717, 1.165) is 19.4 Å². The number of aromatic amines is 1. The predicted octanol–water partition coefficient (Wildman–Crippen LogP) is 1.35. The summed E-state index contributed by atoms with van der Waals surface area (Å²) in [6.07, 6.45) is 2.05. The maximum Gasteiger partial charge on any atom is 0.262 e. The van der Waals surface area contributed by atoms with Gasteiger partial charge in [-0.15, -0.1) is 0 Å². The summed E-state index contributed by atoms with van der Waals surface area (Å²) in [6.45, 7) is 1.12. The highest BCUT2D eigenvalue weighted by molar-refractivity contribution is 7.71. The number of carbonyl (C=O) groups is 1. The third-order valence-corrected chi connectivity index (χ3v) is 4.06. The number of carbonyl (C=O) groups excluding carboxylic acids is 1. The minimum absolute atomic E-state index is 0.0757. The lowest BCUT2D eigenvalue weighted by Gasteiger charge is -2.12. The van der Waals surface area contributed by atoms with Gasteiger partial charge in [-0.3, -0.25) is 14.2 Å². The van der Waals surface area contributed by atoms with Gasteiger partial charge in [-0.05, 0) is 37.2 Å². The molecule has 1 aliphatic rings. The van der Waals surface area contributed by atoms with Gasteiger partial charge in [0.05, 0.1) is 17.0 Å². The van der Waals surface area contributed by atoms with Crippen molar-refractivity contribution in [2.45, 2.75) is 25.5 Å². The van der Waals surface area contributed by atoms with Crippen LogP contribution in [0.25, 0.3) is 10.9 Å². The van der Waals surface area contributed by atoms with Crippen LogP contribution < -0.4 is 10.9 Å². The molecule has 2 N–H and O–H groups in total. The van der Waals surface area contributed by atoms with Crippen molar-refractivity contribution < 1.29 is 9.53 Å². The van der Waals surface area contributed by atoms with Crippen LogP contribution in [0.1, 0.15) is 12.8 Å². The van der Waals surface area contributed by atoms with E-state index >= 15 is 0 Å². The van der Waals surface area contributed by atoms with Crippen LogP contribution in [-0.2, 0) is 16.1 Å². The SMILES string of the molecule is O=C(Cn1c(=S)[nH]c2ccccc2c1=O)NCC1CCCO1. The zero-order chi connectivity index (χ0) is 15.5. The predicted molar refractivity (Wildman–Crippen MR) is 85.4 cm³/mol. The standard InChI is InChI=1S/C15H17N3O3S/c19-13(16-8-10-4-3-7-21-10)9-18-14(20)11-5-1-2-6-12(11)17-15(18)22/h1-2,5-6,10H,3-4,7-9H2,(H,16,19)(H,17,22). The van der Waals surface area contributed by atoms with Gasteiger partial charge >= 0.3 is 0 Å². The summed E-state index contributed by atoms with van der Waals surface area (Å²) < 4.78 is 6.98. The highest BCUT2D eigenvalue weighted by Crippen LogP contribution is 2.10. The van der Waals surface area contributed by atoms with Crippen molar-refractivity contribution in [1.29, 1.82) is 0 Å². The first-order valence-electron chi connectivity index (χ1n) is 7.25. The number of amides is 1. The first-order valence-corrected chi connectivity index (χ1v) is 7.66. The Morgan fingerprint density at radius 2 is 2.27 bits per heavy atom. The van der Waals surface area contributed by atoms with E-state index in [0.29, 0.717) is 17.4 Å². The van der Waals surface area contributed by atoms with Gasteiger partial charge in [-0.2, -0.15) is 0 Å². The van der Waals surface area contributed by atoms with Crippen molar-refractivity contribution in [3.05, 3.63) is 39.4 Å². The van der Waals surface area contributed by atoms with Gasteiger partial charge in [0.25, 0.3) is 5.56 Å². The minimum atomic E-state index is -0.258. The summed E-state index contributed by atoms with van der Waals surface area (Å²) >= 11 is 5.18. The second-order valence-electron chi connectivity index (χ2n) is 5.31. The highest BCUT2D eigenvalue weighted by atomic mass is 32.1. The second-order valence-corrected chi connectivity index (χ2v) is 5.69. The van der Waals surface area contributed by atoms with Crippen LogP contribution in [0.4, 0.5) is 0 Å². The molecule has 0 spiro atoms. The Kier molecular flexibility index (Phi) is 4.35. The monoisotopic (exact) mass is 319 g/mol. The zero-order valence-electron chi connectivity index (χ0n) is 12.0. The molecule has 1 saturated heterocycles. The Balaban J connectivity index is 1.77. The molecule has 22 heavy (non-hydrogen) atoms. The van der Waals surface area contributed by atoms with Gasteiger partial charge in [-0.1, -0.05) is 12.1 Å². The van der Waals surface area contributed by atoms with Gasteiger partial charge < -0.3 is 15.0 Å². The Morgan fingerprint density at radius 1 is 1.45 bits per heavy atom. The Bertz CT molecular complexity index is 806. The summed E-state index contributed by atoms with van der Waals surface area (Å²) in [7, 11) is 0. The number of ether oxygens (including phenoxy) is 1. The quantitative estimate of drug-likeness (QED) is 0.834. The fourth-order valence-corrected chi connectivity index (χ4v) is 2.83. The van der Waals surface area contributed by atoms with E-state index in [4.69, 9.17) is 17.0 Å². The van der Waals surface area contributed by atoms with E-state index in [1.807, 2.05) is 6.07 Å². The third-order valence-electron chi connectivity index (χ3n) is 3.74. The fraction of sp³-hybridized carbons (Fsp3) is 0.400. The van der Waals surface area contributed by atoms with Gasteiger partial charge in [0.2, 0.25) is 5.91 Å². The molecule has 6 nitrogen and oxygen atoms in total. The molecular weight excluding hydrogens is 302 g/mol. The molecule has 0 radical (unpaired) electrons.